The first-order valence-electron chi connectivity index (χ1n) is 10.6. The van der Waals surface area contributed by atoms with Crippen LogP contribution in [0.1, 0.15) is 18.9 Å². The Balaban J connectivity index is 2.58. The van der Waals surface area contributed by atoms with Crippen molar-refractivity contribution in [3.05, 3.63) is 62.1 Å². The van der Waals surface area contributed by atoms with Crippen molar-refractivity contribution in [1.29, 1.82) is 0 Å². The van der Waals surface area contributed by atoms with Gasteiger partial charge < -0.3 is 15.0 Å². The quantitative estimate of drug-likeness (QED) is 0.328. The number of anilines is 1. The number of amides is 2. The third-order valence-electron chi connectivity index (χ3n) is 5.31. The Morgan fingerprint density at radius 3 is 2.36 bits per heavy atom. The summed E-state index contributed by atoms with van der Waals surface area (Å²) in [4.78, 5) is 38.0. The van der Waals surface area contributed by atoms with Crippen LogP contribution in [0.15, 0.2) is 36.4 Å². The molecule has 11 nitrogen and oxygen atoms in total. The molecule has 14 heteroatoms. The zero-order valence-corrected chi connectivity index (χ0v) is 22.4. The molecule has 0 aromatic heterocycles. The van der Waals surface area contributed by atoms with Crippen LogP contribution in [0.4, 0.5) is 11.4 Å². The highest BCUT2D eigenvalue weighted by Gasteiger charge is 2.33. The minimum Gasteiger partial charge on any atom is -0.495 e. The molecule has 0 heterocycles. The van der Waals surface area contributed by atoms with Crippen LogP contribution in [0.3, 0.4) is 0 Å². The van der Waals surface area contributed by atoms with Crippen molar-refractivity contribution in [3.63, 3.8) is 0 Å². The molecule has 0 spiro atoms. The van der Waals surface area contributed by atoms with E-state index in [4.69, 9.17) is 27.9 Å². The molecule has 0 aliphatic rings. The first-order chi connectivity index (χ1) is 16.8. The number of carbonyl (C=O) groups excluding carboxylic acids is 2. The van der Waals surface area contributed by atoms with Crippen LogP contribution < -0.4 is 14.4 Å². The van der Waals surface area contributed by atoms with Gasteiger partial charge in [0.15, 0.2) is 0 Å². The average Bonchev–Trinajstić information content (AvgIpc) is 2.82. The van der Waals surface area contributed by atoms with Gasteiger partial charge in [0.05, 0.1) is 18.3 Å². The Labute approximate surface area is 219 Å². The van der Waals surface area contributed by atoms with Gasteiger partial charge in [-0.05, 0) is 30.2 Å². The number of ether oxygens (including phenoxy) is 1. The molecule has 0 saturated heterocycles. The van der Waals surface area contributed by atoms with E-state index >= 15 is 0 Å². The number of nitrogens with zero attached hydrogens (tertiary/aromatic N) is 3. The molecule has 0 saturated carbocycles. The van der Waals surface area contributed by atoms with Crippen molar-refractivity contribution in [2.45, 2.75) is 25.9 Å². The van der Waals surface area contributed by atoms with E-state index in [1.165, 1.54) is 31.2 Å². The first-order valence-corrected chi connectivity index (χ1v) is 13.2. The van der Waals surface area contributed by atoms with Crippen molar-refractivity contribution >= 4 is 56.4 Å². The number of rotatable bonds is 11. The molecule has 2 aromatic carbocycles. The molecule has 0 fully saturated rings. The molecule has 0 bridgehead atoms. The summed E-state index contributed by atoms with van der Waals surface area (Å²) in [5.74, 6) is -1.20. The summed E-state index contributed by atoms with van der Waals surface area (Å²) in [7, 11) is -1.45. The topological polar surface area (TPSA) is 139 Å². The smallest absolute Gasteiger partial charge is 0.271 e. The van der Waals surface area contributed by atoms with E-state index in [-0.39, 0.29) is 29.4 Å². The van der Waals surface area contributed by atoms with E-state index in [1.54, 1.807) is 19.1 Å². The van der Waals surface area contributed by atoms with E-state index in [9.17, 15) is 28.1 Å². The summed E-state index contributed by atoms with van der Waals surface area (Å²) in [5, 5.41) is 14.4. The van der Waals surface area contributed by atoms with Crippen LogP contribution in [-0.2, 0) is 26.2 Å². The van der Waals surface area contributed by atoms with Gasteiger partial charge in [-0.1, -0.05) is 36.2 Å². The molecular formula is C22H26Cl2N4O7S. The minimum atomic E-state index is -4.13. The highest BCUT2D eigenvalue weighted by atomic mass is 35.5. The second-order valence-corrected chi connectivity index (χ2v) is 10.4. The van der Waals surface area contributed by atoms with Gasteiger partial charge in [-0.15, -0.1) is 0 Å². The number of carbonyl (C=O) groups is 2. The number of nitro groups is 1. The van der Waals surface area contributed by atoms with Crippen LogP contribution >= 0.6 is 23.2 Å². The summed E-state index contributed by atoms with van der Waals surface area (Å²) >= 11 is 12.3. The minimum absolute atomic E-state index is 0.00413. The average molecular weight is 561 g/mol. The predicted molar refractivity (Wildman–Crippen MR) is 137 cm³/mol. The zero-order chi connectivity index (χ0) is 27.2. The Bertz CT molecular complexity index is 1260. The number of hydrogen-bond donors (Lipinski definition) is 1. The molecule has 2 amide bonds. The van der Waals surface area contributed by atoms with Gasteiger partial charge in [-0.3, -0.25) is 24.0 Å². The molecule has 2 aromatic rings. The summed E-state index contributed by atoms with van der Waals surface area (Å²) in [6.07, 6.45) is 1.07. The summed E-state index contributed by atoms with van der Waals surface area (Å²) in [6.45, 7) is 0.821. The highest BCUT2D eigenvalue weighted by molar-refractivity contribution is 7.92. The number of benzene rings is 2. The van der Waals surface area contributed by atoms with Crippen molar-refractivity contribution in [2.24, 2.45) is 0 Å². The number of sulfonamides is 1. The predicted octanol–water partition coefficient (Wildman–Crippen LogP) is 3.23. The third kappa shape index (κ3) is 6.99. The molecule has 1 atom stereocenters. The van der Waals surface area contributed by atoms with Gasteiger partial charge in [-0.25, -0.2) is 8.42 Å². The van der Waals surface area contributed by atoms with Gasteiger partial charge in [0.1, 0.15) is 24.0 Å². The molecule has 0 radical (unpaired) electrons. The normalized spacial score (nSPS) is 11.9. The molecule has 0 aliphatic carbocycles. The lowest BCUT2D eigenvalue weighted by molar-refractivity contribution is -0.384. The number of methoxy groups -OCH3 is 1. The van der Waals surface area contributed by atoms with Gasteiger partial charge in [0.25, 0.3) is 5.69 Å². The zero-order valence-electron chi connectivity index (χ0n) is 20.0. The van der Waals surface area contributed by atoms with E-state index in [1.807, 2.05) is 0 Å². The lowest BCUT2D eigenvalue weighted by Crippen LogP contribution is -2.51. The van der Waals surface area contributed by atoms with Gasteiger partial charge in [-0.2, -0.15) is 0 Å². The van der Waals surface area contributed by atoms with Crippen LogP contribution in [-0.4, -0.2) is 63.1 Å². The van der Waals surface area contributed by atoms with Gasteiger partial charge >= 0.3 is 0 Å². The van der Waals surface area contributed by atoms with Crippen LogP contribution in [0, 0.1) is 10.1 Å². The standard InChI is InChI=1S/C22H26Cl2N4O7S/c1-5-18(22(30)25-2)26(12-14-6-7-15(23)10-17(14)24)21(29)13-27(36(4,33)34)19-11-16(28(31)32)8-9-20(19)35-3/h6-11,18H,5,12-13H2,1-4H3,(H,25,30)/t18-/m1/s1. The molecular weight excluding hydrogens is 535 g/mol. The highest BCUT2D eigenvalue weighted by Crippen LogP contribution is 2.34. The van der Waals surface area contributed by atoms with E-state index in [0.717, 1.165) is 18.4 Å². The number of non-ortho nitro benzene ring substituents is 1. The third-order valence-corrected chi connectivity index (χ3v) is 7.02. The Hall–Kier alpha value is -3.09. The van der Waals surface area contributed by atoms with Gasteiger partial charge in [0.2, 0.25) is 21.8 Å². The largest absolute Gasteiger partial charge is 0.495 e. The molecule has 196 valence electrons. The Morgan fingerprint density at radius 2 is 1.86 bits per heavy atom. The SMILES string of the molecule is CC[C@H](C(=O)NC)N(Cc1ccc(Cl)cc1Cl)C(=O)CN(c1cc([N+](=O)[O-])ccc1OC)S(C)(=O)=O. The van der Waals surface area contributed by atoms with Crippen LogP contribution in [0.2, 0.25) is 10.0 Å². The summed E-state index contributed by atoms with van der Waals surface area (Å²) in [6, 6.07) is 7.09. The molecule has 2 rings (SSSR count). The van der Waals surface area contributed by atoms with Crippen molar-refractivity contribution in [1.82, 2.24) is 10.2 Å². The molecule has 36 heavy (non-hydrogen) atoms. The molecule has 0 aliphatic heterocycles. The maximum atomic E-state index is 13.6. The second kappa shape index (κ2) is 12.2. The Kier molecular flexibility index (Phi) is 9.91. The van der Waals surface area contributed by atoms with Crippen LogP contribution in [0.25, 0.3) is 0 Å². The molecule has 0 unspecified atom stereocenters. The van der Waals surface area contributed by atoms with Crippen molar-refractivity contribution in [2.75, 3.05) is 31.3 Å². The Morgan fingerprint density at radius 1 is 1.19 bits per heavy atom. The summed E-state index contributed by atoms with van der Waals surface area (Å²) < 4.78 is 31.4. The fourth-order valence-corrected chi connectivity index (χ4v) is 4.81. The lowest BCUT2D eigenvalue weighted by Gasteiger charge is -2.33. The second-order valence-electron chi connectivity index (χ2n) is 7.68. The van der Waals surface area contributed by atoms with Gasteiger partial charge in [0, 0.05) is 35.8 Å². The van der Waals surface area contributed by atoms with E-state index < -0.39 is 45.0 Å². The number of halogens is 2. The lowest BCUT2D eigenvalue weighted by atomic mass is 10.1. The number of nitrogens with one attached hydrogen (secondary N) is 1. The van der Waals surface area contributed by atoms with Crippen LogP contribution in [0.5, 0.6) is 5.75 Å². The monoisotopic (exact) mass is 560 g/mol. The van der Waals surface area contributed by atoms with E-state index in [2.05, 4.69) is 5.32 Å². The summed E-state index contributed by atoms with van der Waals surface area (Å²) in [5.41, 5.74) is -0.107. The number of likely N-dealkylation sites (N-methyl/N-ethyl adjacent to an activating group) is 1. The fraction of sp³-hybridized carbons (Fsp3) is 0.364. The maximum Gasteiger partial charge on any atom is 0.271 e. The first kappa shape index (κ1) is 29.1. The maximum absolute atomic E-state index is 13.6. The number of hydrogen-bond acceptors (Lipinski definition) is 7. The molecule has 1 N–H and O–H groups in total. The fourth-order valence-electron chi connectivity index (χ4n) is 3.50. The van der Waals surface area contributed by atoms with Crippen molar-refractivity contribution in [3.8, 4) is 5.75 Å². The number of nitro benzene ring substituents is 1. The van der Waals surface area contributed by atoms with E-state index in [0.29, 0.717) is 14.9 Å². The van der Waals surface area contributed by atoms with Crippen molar-refractivity contribution < 1.29 is 27.7 Å².